The molecular formula is C14H13N3O2. The van der Waals surface area contributed by atoms with Gasteiger partial charge in [-0.05, 0) is 26.0 Å². The Labute approximate surface area is 110 Å². The summed E-state index contributed by atoms with van der Waals surface area (Å²) < 4.78 is 1.62. The molecule has 0 saturated heterocycles. The molecule has 0 aliphatic carbocycles. The van der Waals surface area contributed by atoms with Crippen molar-refractivity contribution < 1.29 is 9.90 Å². The second-order valence-corrected chi connectivity index (χ2v) is 4.46. The van der Waals surface area contributed by atoms with E-state index < -0.39 is 5.97 Å². The Hall–Kier alpha value is -2.61. The van der Waals surface area contributed by atoms with Crippen LogP contribution in [-0.4, -0.2) is 20.9 Å². The minimum Gasteiger partial charge on any atom is -0.478 e. The molecule has 5 heteroatoms. The molecule has 0 spiro atoms. The summed E-state index contributed by atoms with van der Waals surface area (Å²) in [5.74, 6) is -1.01. The van der Waals surface area contributed by atoms with Crippen LogP contribution in [0.4, 0.5) is 0 Å². The van der Waals surface area contributed by atoms with E-state index in [9.17, 15) is 9.90 Å². The first kappa shape index (κ1) is 12.8. The Bertz CT molecular complexity index is 648. The lowest BCUT2D eigenvalue weighted by molar-refractivity contribution is 0.0697. The van der Waals surface area contributed by atoms with Gasteiger partial charge >= 0.3 is 5.97 Å². The highest BCUT2D eigenvalue weighted by molar-refractivity contribution is 5.94. The molecule has 0 saturated carbocycles. The summed E-state index contributed by atoms with van der Waals surface area (Å²) in [5, 5.41) is 22.3. The van der Waals surface area contributed by atoms with Gasteiger partial charge in [0, 0.05) is 17.8 Å². The number of carbonyl (C=O) groups is 1. The van der Waals surface area contributed by atoms with Crippen LogP contribution in [0.25, 0.3) is 11.3 Å². The zero-order chi connectivity index (χ0) is 14.0. The molecule has 5 nitrogen and oxygen atoms in total. The van der Waals surface area contributed by atoms with Gasteiger partial charge in [0.2, 0.25) is 0 Å². The second-order valence-electron chi connectivity index (χ2n) is 4.46. The van der Waals surface area contributed by atoms with E-state index in [1.54, 1.807) is 28.9 Å². The Kier molecular flexibility index (Phi) is 3.34. The van der Waals surface area contributed by atoms with E-state index >= 15 is 0 Å². The molecule has 0 fully saturated rings. The van der Waals surface area contributed by atoms with E-state index in [1.807, 2.05) is 19.9 Å². The lowest BCUT2D eigenvalue weighted by atomic mass is 10.1. The van der Waals surface area contributed by atoms with Gasteiger partial charge in [-0.25, -0.2) is 4.79 Å². The fourth-order valence-corrected chi connectivity index (χ4v) is 1.73. The third-order valence-electron chi connectivity index (χ3n) is 2.78. The molecular weight excluding hydrogens is 242 g/mol. The number of hydrogen-bond acceptors (Lipinski definition) is 3. The number of rotatable bonds is 3. The van der Waals surface area contributed by atoms with Gasteiger partial charge in [-0.1, -0.05) is 12.1 Å². The summed E-state index contributed by atoms with van der Waals surface area (Å²) in [5.41, 5.74) is 1.81. The maximum absolute atomic E-state index is 11.2. The van der Waals surface area contributed by atoms with Gasteiger partial charge in [-0.15, -0.1) is 0 Å². The minimum absolute atomic E-state index is 0.0882. The van der Waals surface area contributed by atoms with Gasteiger partial charge in [0.15, 0.2) is 0 Å². The molecule has 1 N–H and O–H groups in total. The average molecular weight is 255 g/mol. The summed E-state index contributed by atoms with van der Waals surface area (Å²) in [4.78, 5) is 11.2. The van der Waals surface area contributed by atoms with Crippen LogP contribution in [0, 0.1) is 11.3 Å². The monoisotopic (exact) mass is 255 g/mol. The summed E-state index contributed by atoms with van der Waals surface area (Å²) in [6.45, 7) is 3.86. The Balaban J connectivity index is 2.53. The zero-order valence-electron chi connectivity index (χ0n) is 10.7. The van der Waals surface area contributed by atoms with Crippen molar-refractivity contribution in [2.45, 2.75) is 19.9 Å². The van der Waals surface area contributed by atoms with Gasteiger partial charge in [-0.3, -0.25) is 4.68 Å². The van der Waals surface area contributed by atoms with Gasteiger partial charge < -0.3 is 5.11 Å². The standard InChI is InChI=1S/C14H13N3O2/c1-9(2)17-8-12(14(18)19)13(16-17)11-5-3-10(7-15)4-6-11/h3-6,8-9H,1-2H3,(H,18,19). The first-order chi connectivity index (χ1) is 9.02. The molecule has 2 aromatic rings. The number of nitrogens with zero attached hydrogens (tertiary/aromatic N) is 3. The number of aromatic carboxylic acids is 1. The fourth-order valence-electron chi connectivity index (χ4n) is 1.73. The average Bonchev–Trinajstić information content (AvgIpc) is 2.84. The van der Waals surface area contributed by atoms with Crippen molar-refractivity contribution in [2.75, 3.05) is 0 Å². The summed E-state index contributed by atoms with van der Waals surface area (Å²) in [6, 6.07) is 8.82. The van der Waals surface area contributed by atoms with Crippen molar-refractivity contribution in [3.05, 3.63) is 41.6 Å². The van der Waals surface area contributed by atoms with Crippen LogP contribution in [-0.2, 0) is 0 Å². The molecule has 0 atom stereocenters. The third-order valence-corrected chi connectivity index (χ3v) is 2.78. The van der Waals surface area contributed by atoms with Crippen molar-refractivity contribution in [3.63, 3.8) is 0 Å². The molecule has 0 aliphatic heterocycles. The van der Waals surface area contributed by atoms with E-state index in [4.69, 9.17) is 5.26 Å². The Morgan fingerprint density at radius 1 is 1.37 bits per heavy atom. The van der Waals surface area contributed by atoms with Gasteiger partial charge in [0.1, 0.15) is 11.3 Å². The van der Waals surface area contributed by atoms with Crippen molar-refractivity contribution in [1.82, 2.24) is 9.78 Å². The molecule has 2 rings (SSSR count). The highest BCUT2D eigenvalue weighted by atomic mass is 16.4. The highest BCUT2D eigenvalue weighted by Crippen LogP contribution is 2.24. The van der Waals surface area contributed by atoms with E-state index in [2.05, 4.69) is 5.10 Å². The number of benzene rings is 1. The molecule has 1 aromatic heterocycles. The predicted octanol–water partition coefficient (Wildman–Crippen LogP) is 2.70. The quantitative estimate of drug-likeness (QED) is 0.914. The van der Waals surface area contributed by atoms with E-state index in [0.717, 1.165) is 0 Å². The molecule has 0 bridgehead atoms. The van der Waals surface area contributed by atoms with Gasteiger partial charge in [0.25, 0.3) is 0 Å². The lowest BCUT2D eigenvalue weighted by Gasteiger charge is -2.03. The van der Waals surface area contributed by atoms with Crippen LogP contribution < -0.4 is 0 Å². The van der Waals surface area contributed by atoms with Crippen molar-refractivity contribution in [2.24, 2.45) is 0 Å². The number of aromatic nitrogens is 2. The maximum atomic E-state index is 11.2. The van der Waals surface area contributed by atoms with Gasteiger partial charge in [-0.2, -0.15) is 10.4 Å². The number of nitriles is 1. The van der Waals surface area contributed by atoms with Crippen LogP contribution in [0.3, 0.4) is 0 Å². The normalized spacial score (nSPS) is 10.4. The summed E-state index contributed by atoms with van der Waals surface area (Å²) in [6.07, 6.45) is 1.53. The van der Waals surface area contributed by atoms with Crippen LogP contribution in [0.5, 0.6) is 0 Å². The number of carboxylic acid groups (broad SMARTS) is 1. The zero-order valence-corrected chi connectivity index (χ0v) is 10.7. The van der Waals surface area contributed by atoms with E-state index in [0.29, 0.717) is 16.8 Å². The van der Waals surface area contributed by atoms with Crippen LogP contribution in [0.1, 0.15) is 35.8 Å². The summed E-state index contributed by atoms with van der Waals surface area (Å²) >= 11 is 0. The SMILES string of the molecule is CC(C)n1cc(C(=O)O)c(-c2ccc(C#N)cc2)n1. The number of carboxylic acids is 1. The second kappa shape index (κ2) is 4.94. The highest BCUT2D eigenvalue weighted by Gasteiger charge is 2.17. The van der Waals surface area contributed by atoms with Crippen LogP contribution in [0.15, 0.2) is 30.5 Å². The molecule has 1 aromatic carbocycles. The molecule has 19 heavy (non-hydrogen) atoms. The Morgan fingerprint density at radius 3 is 2.47 bits per heavy atom. The predicted molar refractivity (Wildman–Crippen MR) is 69.7 cm³/mol. The van der Waals surface area contributed by atoms with E-state index in [1.165, 1.54) is 6.20 Å². The van der Waals surface area contributed by atoms with E-state index in [-0.39, 0.29) is 11.6 Å². The molecule has 0 amide bonds. The topological polar surface area (TPSA) is 78.9 Å². The van der Waals surface area contributed by atoms with Crippen molar-refractivity contribution in [3.8, 4) is 17.3 Å². The third kappa shape index (κ3) is 2.47. The first-order valence-electron chi connectivity index (χ1n) is 5.86. The Morgan fingerprint density at radius 2 is 2.00 bits per heavy atom. The molecule has 96 valence electrons. The first-order valence-corrected chi connectivity index (χ1v) is 5.86. The smallest absolute Gasteiger partial charge is 0.339 e. The molecule has 0 aliphatic rings. The van der Waals surface area contributed by atoms with Crippen LogP contribution in [0.2, 0.25) is 0 Å². The molecule has 0 unspecified atom stereocenters. The molecule has 1 heterocycles. The van der Waals surface area contributed by atoms with Crippen LogP contribution >= 0.6 is 0 Å². The maximum Gasteiger partial charge on any atom is 0.339 e. The van der Waals surface area contributed by atoms with Gasteiger partial charge in [0.05, 0.1) is 11.6 Å². The fraction of sp³-hybridized carbons (Fsp3) is 0.214. The molecule has 0 radical (unpaired) electrons. The summed E-state index contributed by atoms with van der Waals surface area (Å²) in [7, 11) is 0. The van der Waals surface area contributed by atoms with Crippen molar-refractivity contribution in [1.29, 1.82) is 5.26 Å². The lowest BCUT2D eigenvalue weighted by Crippen LogP contribution is -2.00. The largest absolute Gasteiger partial charge is 0.478 e. The minimum atomic E-state index is -1.01. The van der Waals surface area contributed by atoms with Crippen molar-refractivity contribution >= 4 is 5.97 Å². The number of hydrogen-bond donors (Lipinski definition) is 1.